The molecule has 26 heavy (non-hydrogen) atoms. The minimum atomic E-state index is 0.0658. The maximum Gasteiger partial charge on any atom is 0.264 e. The van der Waals surface area contributed by atoms with E-state index in [9.17, 15) is 4.79 Å². The van der Waals surface area contributed by atoms with Crippen molar-refractivity contribution in [1.29, 1.82) is 0 Å². The molecule has 5 nitrogen and oxygen atoms in total. The standard InChI is InChI=1S/C20H24N4OS/c1-22(2)12-13-24(20(25)18-9-6-14-26-18)16-19-21-10-11-23(19)15-17-7-4-3-5-8-17/h3-11,14H,12-13,15-16H2,1-2H3. The van der Waals surface area contributed by atoms with Crippen molar-refractivity contribution >= 4 is 17.2 Å². The lowest BCUT2D eigenvalue weighted by atomic mass is 10.2. The number of aromatic nitrogens is 2. The van der Waals surface area contributed by atoms with Crippen LogP contribution in [0.1, 0.15) is 21.1 Å². The number of carbonyl (C=O) groups excluding carboxylic acids is 1. The predicted octanol–water partition coefficient (Wildman–Crippen LogP) is 3.20. The summed E-state index contributed by atoms with van der Waals surface area (Å²) in [4.78, 5) is 22.1. The van der Waals surface area contributed by atoms with Gasteiger partial charge in [0.05, 0.1) is 11.4 Å². The van der Waals surface area contributed by atoms with Gasteiger partial charge in [-0.25, -0.2) is 4.98 Å². The summed E-state index contributed by atoms with van der Waals surface area (Å²) in [6.07, 6.45) is 3.78. The quantitative estimate of drug-likeness (QED) is 0.613. The Bertz CT molecular complexity index is 811. The molecule has 3 aromatic rings. The molecule has 0 atom stereocenters. The van der Waals surface area contributed by atoms with Crippen molar-refractivity contribution < 1.29 is 4.79 Å². The van der Waals surface area contributed by atoms with Crippen LogP contribution in [0.25, 0.3) is 0 Å². The lowest BCUT2D eigenvalue weighted by Gasteiger charge is -2.24. The lowest BCUT2D eigenvalue weighted by Crippen LogP contribution is -2.36. The van der Waals surface area contributed by atoms with Crippen molar-refractivity contribution in [2.45, 2.75) is 13.1 Å². The molecule has 0 aliphatic rings. The fourth-order valence-corrected chi connectivity index (χ4v) is 3.41. The van der Waals surface area contributed by atoms with Gasteiger partial charge < -0.3 is 14.4 Å². The second-order valence-corrected chi connectivity index (χ2v) is 7.41. The monoisotopic (exact) mass is 368 g/mol. The number of benzene rings is 1. The summed E-state index contributed by atoms with van der Waals surface area (Å²) < 4.78 is 2.11. The zero-order valence-corrected chi connectivity index (χ0v) is 16.0. The highest BCUT2D eigenvalue weighted by molar-refractivity contribution is 7.12. The van der Waals surface area contributed by atoms with E-state index in [1.807, 2.05) is 60.9 Å². The predicted molar refractivity (Wildman–Crippen MR) is 105 cm³/mol. The highest BCUT2D eigenvalue weighted by atomic mass is 32.1. The molecule has 0 radical (unpaired) electrons. The number of hydrogen-bond donors (Lipinski definition) is 0. The van der Waals surface area contributed by atoms with Crippen LogP contribution in [0.5, 0.6) is 0 Å². The van der Waals surface area contributed by atoms with Gasteiger partial charge in [-0.3, -0.25) is 4.79 Å². The topological polar surface area (TPSA) is 41.4 Å². The molecule has 0 aliphatic heterocycles. The second kappa shape index (κ2) is 8.78. The molecule has 1 amide bonds. The van der Waals surface area contributed by atoms with Crippen molar-refractivity contribution in [2.75, 3.05) is 27.2 Å². The Hall–Kier alpha value is -2.44. The van der Waals surface area contributed by atoms with Gasteiger partial charge in [-0.2, -0.15) is 0 Å². The van der Waals surface area contributed by atoms with Crippen molar-refractivity contribution in [1.82, 2.24) is 19.4 Å². The van der Waals surface area contributed by atoms with Gasteiger partial charge in [0, 0.05) is 32.0 Å². The van der Waals surface area contributed by atoms with E-state index in [0.717, 1.165) is 23.8 Å². The summed E-state index contributed by atoms with van der Waals surface area (Å²) >= 11 is 1.48. The number of carbonyl (C=O) groups is 1. The Morgan fingerprint density at radius 1 is 1.12 bits per heavy atom. The van der Waals surface area contributed by atoms with Gasteiger partial charge in [0.15, 0.2) is 0 Å². The molecule has 2 heterocycles. The number of thiophene rings is 1. The van der Waals surface area contributed by atoms with Crippen LogP contribution < -0.4 is 0 Å². The molecule has 0 unspecified atom stereocenters. The fraction of sp³-hybridized carbons (Fsp3) is 0.300. The van der Waals surface area contributed by atoms with E-state index in [0.29, 0.717) is 13.1 Å². The molecule has 1 aromatic carbocycles. The number of likely N-dealkylation sites (N-methyl/N-ethyl adjacent to an activating group) is 1. The SMILES string of the molecule is CN(C)CCN(Cc1nccn1Cc1ccccc1)C(=O)c1cccs1. The van der Waals surface area contributed by atoms with Gasteiger partial charge in [-0.05, 0) is 31.1 Å². The molecule has 0 saturated heterocycles. The summed E-state index contributed by atoms with van der Waals surface area (Å²) in [5.74, 6) is 0.966. The summed E-state index contributed by atoms with van der Waals surface area (Å²) in [5, 5.41) is 1.94. The van der Waals surface area contributed by atoms with Gasteiger partial charge in [-0.15, -0.1) is 11.3 Å². The van der Waals surface area contributed by atoms with E-state index < -0.39 is 0 Å². The normalized spacial score (nSPS) is 11.0. The molecule has 0 N–H and O–H groups in total. The average molecular weight is 369 g/mol. The molecular formula is C20H24N4OS. The number of hydrogen-bond acceptors (Lipinski definition) is 4. The summed E-state index contributed by atoms with van der Waals surface area (Å²) in [6.45, 7) is 2.74. The van der Waals surface area contributed by atoms with Crippen LogP contribution in [-0.4, -0.2) is 52.4 Å². The smallest absolute Gasteiger partial charge is 0.264 e. The van der Waals surface area contributed by atoms with Crippen LogP contribution in [-0.2, 0) is 13.1 Å². The Morgan fingerprint density at radius 3 is 2.62 bits per heavy atom. The maximum atomic E-state index is 12.9. The highest BCUT2D eigenvalue weighted by Crippen LogP contribution is 2.15. The first kappa shape index (κ1) is 18.4. The van der Waals surface area contributed by atoms with E-state index in [4.69, 9.17) is 0 Å². The molecule has 6 heteroatoms. The summed E-state index contributed by atoms with van der Waals surface area (Å²) in [5.41, 5.74) is 1.22. The van der Waals surface area contributed by atoms with Crippen LogP contribution in [0.4, 0.5) is 0 Å². The van der Waals surface area contributed by atoms with Crippen LogP contribution in [0.15, 0.2) is 60.2 Å². The van der Waals surface area contributed by atoms with Crippen molar-refractivity contribution in [3.8, 4) is 0 Å². The Labute approximate surface area is 158 Å². The molecule has 0 fully saturated rings. The minimum absolute atomic E-state index is 0.0658. The van der Waals surface area contributed by atoms with E-state index in [-0.39, 0.29) is 5.91 Å². The highest BCUT2D eigenvalue weighted by Gasteiger charge is 2.19. The molecule has 0 aliphatic carbocycles. The number of imidazole rings is 1. The zero-order valence-electron chi connectivity index (χ0n) is 15.2. The lowest BCUT2D eigenvalue weighted by molar-refractivity contribution is 0.0731. The third-order valence-corrected chi connectivity index (χ3v) is 5.02. The van der Waals surface area contributed by atoms with Crippen LogP contribution in [0.3, 0.4) is 0 Å². The van der Waals surface area contributed by atoms with Crippen LogP contribution in [0, 0.1) is 0 Å². The Balaban J connectivity index is 1.76. The summed E-state index contributed by atoms with van der Waals surface area (Å²) in [7, 11) is 4.04. The van der Waals surface area contributed by atoms with E-state index in [1.165, 1.54) is 16.9 Å². The first-order chi connectivity index (χ1) is 12.6. The van der Waals surface area contributed by atoms with Gasteiger partial charge in [0.25, 0.3) is 5.91 Å². The molecule has 0 saturated carbocycles. The Kier molecular flexibility index (Phi) is 6.20. The molecule has 2 aromatic heterocycles. The third-order valence-electron chi connectivity index (χ3n) is 4.17. The number of rotatable bonds is 8. The van der Waals surface area contributed by atoms with Gasteiger partial charge >= 0.3 is 0 Å². The molecule has 0 bridgehead atoms. The minimum Gasteiger partial charge on any atom is -0.329 e. The molecule has 3 rings (SSSR count). The molecule has 0 spiro atoms. The van der Waals surface area contributed by atoms with Gasteiger partial charge in [-0.1, -0.05) is 36.4 Å². The van der Waals surface area contributed by atoms with E-state index in [2.05, 4.69) is 26.6 Å². The van der Waals surface area contributed by atoms with E-state index >= 15 is 0 Å². The van der Waals surface area contributed by atoms with Crippen molar-refractivity contribution in [3.63, 3.8) is 0 Å². The first-order valence-electron chi connectivity index (χ1n) is 8.65. The average Bonchev–Trinajstić information content (AvgIpc) is 3.31. The van der Waals surface area contributed by atoms with Crippen LogP contribution in [0.2, 0.25) is 0 Å². The number of nitrogens with zero attached hydrogens (tertiary/aromatic N) is 4. The summed E-state index contributed by atoms with van der Waals surface area (Å²) in [6, 6.07) is 14.1. The van der Waals surface area contributed by atoms with Gasteiger partial charge in [0.2, 0.25) is 0 Å². The zero-order chi connectivity index (χ0) is 18.4. The number of amides is 1. The molecule has 136 valence electrons. The largest absolute Gasteiger partial charge is 0.329 e. The molecular weight excluding hydrogens is 344 g/mol. The van der Waals surface area contributed by atoms with Crippen LogP contribution >= 0.6 is 11.3 Å². The van der Waals surface area contributed by atoms with E-state index in [1.54, 1.807) is 6.20 Å². The van der Waals surface area contributed by atoms with Crippen molar-refractivity contribution in [2.24, 2.45) is 0 Å². The Morgan fingerprint density at radius 2 is 1.92 bits per heavy atom. The van der Waals surface area contributed by atoms with Gasteiger partial charge in [0.1, 0.15) is 5.82 Å². The fourth-order valence-electron chi connectivity index (χ4n) is 2.72. The maximum absolute atomic E-state index is 12.9. The first-order valence-corrected chi connectivity index (χ1v) is 9.53. The third kappa shape index (κ3) is 4.80. The second-order valence-electron chi connectivity index (χ2n) is 6.46. The van der Waals surface area contributed by atoms with Crippen molar-refractivity contribution in [3.05, 3.63) is 76.5 Å².